The molecule has 2 rings (SSSR count). The van der Waals surface area contributed by atoms with Crippen molar-refractivity contribution in [2.24, 2.45) is 5.92 Å². The van der Waals surface area contributed by atoms with E-state index in [0.717, 1.165) is 12.3 Å². The van der Waals surface area contributed by atoms with Crippen LogP contribution in [0.2, 0.25) is 0 Å². The van der Waals surface area contributed by atoms with Gasteiger partial charge in [0.2, 0.25) is 0 Å². The van der Waals surface area contributed by atoms with Crippen molar-refractivity contribution in [2.45, 2.75) is 57.8 Å². The molecule has 1 unspecified atom stereocenters. The molecule has 0 bridgehead atoms. The molecule has 0 saturated heterocycles. The minimum absolute atomic E-state index is 0.207. The minimum Gasteiger partial charge on any atom is -0.481 e. The van der Waals surface area contributed by atoms with E-state index in [9.17, 15) is 4.79 Å². The highest BCUT2D eigenvalue weighted by molar-refractivity contribution is 5.67. The number of carboxylic acids is 1. The maximum atomic E-state index is 10.7. The van der Waals surface area contributed by atoms with Gasteiger partial charge in [0.05, 0.1) is 0 Å². The lowest BCUT2D eigenvalue weighted by Gasteiger charge is -2.22. The Hall–Kier alpha value is -1.31. The summed E-state index contributed by atoms with van der Waals surface area (Å²) in [7, 11) is 0. The van der Waals surface area contributed by atoms with Crippen LogP contribution in [0.1, 0.15) is 62.5 Å². The molecule has 0 amide bonds. The number of carboxylic acid groups (broad SMARTS) is 1. The summed E-state index contributed by atoms with van der Waals surface area (Å²) in [5.41, 5.74) is 2.72. The lowest BCUT2D eigenvalue weighted by atomic mass is 9.83. The molecule has 0 spiro atoms. The zero-order valence-electron chi connectivity index (χ0n) is 11.8. The molecule has 2 nitrogen and oxygen atoms in total. The number of aliphatic carboxylic acids is 1. The van der Waals surface area contributed by atoms with Crippen molar-refractivity contribution in [3.05, 3.63) is 35.4 Å². The predicted octanol–water partition coefficient (Wildman–Crippen LogP) is 4.39. The fraction of sp³-hybridized carbons (Fsp3) is 0.588. The third kappa shape index (κ3) is 4.38. The molecule has 104 valence electrons. The zero-order valence-corrected chi connectivity index (χ0v) is 11.8. The van der Waals surface area contributed by atoms with Crippen molar-refractivity contribution in [1.29, 1.82) is 0 Å². The van der Waals surface area contributed by atoms with Crippen LogP contribution in [0.25, 0.3) is 0 Å². The van der Waals surface area contributed by atoms with Gasteiger partial charge in [0.15, 0.2) is 0 Å². The van der Waals surface area contributed by atoms with Gasteiger partial charge < -0.3 is 5.11 Å². The van der Waals surface area contributed by atoms with E-state index in [1.807, 2.05) is 6.92 Å². The normalized spacial score (nSPS) is 18.2. The number of rotatable bonds is 5. The Morgan fingerprint density at radius 2 is 1.84 bits per heavy atom. The van der Waals surface area contributed by atoms with Gasteiger partial charge in [-0.05, 0) is 42.2 Å². The SMILES string of the molecule is CC(CC(=O)O)Cc1ccc(C2CCCCC2)cc1. The third-order valence-electron chi connectivity index (χ3n) is 4.16. The lowest BCUT2D eigenvalue weighted by molar-refractivity contribution is -0.137. The molecule has 1 atom stereocenters. The summed E-state index contributed by atoms with van der Waals surface area (Å²) in [6.45, 7) is 2.00. The summed E-state index contributed by atoms with van der Waals surface area (Å²) in [4.78, 5) is 10.7. The summed E-state index contributed by atoms with van der Waals surface area (Å²) in [5, 5.41) is 8.78. The van der Waals surface area contributed by atoms with E-state index < -0.39 is 5.97 Å². The Kier molecular flexibility index (Phi) is 5.00. The zero-order chi connectivity index (χ0) is 13.7. The molecule has 0 aromatic heterocycles. The molecule has 1 saturated carbocycles. The largest absolute Gasteiger partial charge is 0.481 e. The van der Waals surface area contributed by atoms with Gasteiger partial charge in [0, 0.05) is 6.42 Å². The van der Waals surface area contributed by atoms with E-state index in [2.05, 4.69) is 24.3 Å². The Balaban J connectivity index is 1.92. The van der Waals surface area contributed by atoms with Gasteiger partial charge in [-0.3, -0.25) is 4.79 Å². The number of carbonyl (C=O) groups is 1. The topological polar surface area (TPSA) is 37.3 Å². The van der Waals surface area contributed by atoms with Gasteiger partial charge in [-0.15, -0.1) is 0 Å². The van der Waals surface area contributed by atoms with Crippen LogP contribution in [0.4, 0.5) is 0 Å². The van der Waals surface area contributed by atoms with Crippen LogP contribution in [0.15, 0.2) is 24.3 Å². The summed E-state index contributed by atoms with van der Waals surface area (Å²) >= 11 is 0. The van der Waals surface area contributed by atoms with Crippen LogP contribution in [-0.2, 0) is 11.2 Å². The molecule has 19 heavy (non-hydrogen) atoms. The van der Waals surface area contributed by atoms with Crippen molar-refractivity contribution >= 4 is 5.97 Å². The fourth-order valence-corrected chi connectivity index (χ4v) is 3.13. The molecule has 1 N–H and O–H groups in total. The van der Waals surface area contributed by atoms with Crippen molar-refractivity contribution in [1.82, 2.24) is 0 Å². The average molecular weight is 260 g/mol. The monoisotopic (exact) mass is 260 g/mol. The summed E-state index contributed by atoms with van der Waals surface area (Å²) in [5.74, 6) is 0.253. The van der Waals surface area contributed by atoms with Crippen LogP contribution in [-0.4, -0.2) is 11.1 Å². The smallest absolute Gasteiger partial charge is 0.303 e. The first-order chi connectivity index (χ1) is 9.15. The molecule has 1 aromatic rings. The molecule has 2 heteroatoms. The molecule has 1 aromatic carbocycles. The summed E-state index contributed by atoms with van der Waals surface area (Å²) in [6.07, 6.45) is 7.89. The van der Waals surface area contributed by atoms with Crippen molar-refractivity contribution in [2.75, 3.05) is 0 Å². The van der Waals surface area contributed by atoms with E-state index in [1.54, 1.807) is 0 Å². The van der Waals surface area contributed by atoms with Gasteiger partial charge in [-0.2, -0.15) is 0 Å². The van der Waals surface area contributed by atoms with Crippen LogP contribution in [0.5, 0.6) is 0 Å². The quantitative estimate of drug-likeness (QED) is 0.852. The molecule has 0 heterocycles. The Morgan fingerprint density at radius 1 is 1.21 bits per heavy atom. The Morgan fingerprint density at radius 3 is 2.42 bits per heavy atom. The van der Waals surface area contributed by atoms with E-state index in [-0.39, 0.29) is 12.3 Å². The standard InChI is InChI=1S/C17H24O2/c1-13(12-17(18)19)11-14-7-9-16(10-8-14)15-5-3-2-4-6-15/h7-10,13,15H,2-6,11-12H2,1H3,(H,18,19). The second kappa shape index (κ2) is 6.74. The third-order valence-corrected chi connectivity index (χ3v) is 4.16. The van der Waals surface area contributed by atoms with E-state index in [0.29, 0.717) is 0 Å². The summed E-state index contributed by atoms with van der Waals surface area (Å²) < 4.78 is 0. The molecule has 0 radical (unpaired) electrons. The molecular weight excluding hydrogens is 236 g/mol. The maximum absolute atomic E-state index is 10.7. The molecule has 0 aliphatic heterocycles. The number of benzene rings is 1. The average Bonchev–Trinajstić information content (AvgIpc) is 2.39. The first-order valence-electron chi connectivity index (χ1n) is 7.46. The number of hydrogen-bond acceptors (Lipinski definition) is 1. The first kappa shape index (κ1) is 14.1. The first-order valence-corrected chi connectivity index (χ1v) is 7.46. The van der Waals surface area contributed by atoms with E-state index in [1.165, 1.54) is 43.2 Å². The van der Waals surface area contributed by atoms with Crippen molar-refractivity contribution in [3.63, 3.8) is 0 Å². The molecule has 1 fully saturated rings. The number of hydrogen-bond donors (Lipinski definition) is 1. The van der Waals surface area contributed by atoms with Gasteiger partial charge >= 0.3 is 5.97 Å². The Labute approximate surface area is 115 Å². The highest BCUT2D eigenvalue weighted by Gasteiger charge is 2.15. The second-order valence-corrected chi connectivity index (χ2v) is 5.98. The van der Waals surface area contributed by atoms with Crippen LogP contribution in [0.3, 0.4) is 0 Å². The van der Waals surface area contributed by atoms with Crippen molar-refractivity contribution < 1.29 is 9.90 Å². The van der Waals surface area contributed by atoms with Crippen LogP contribution in [0, 0.1) is 5.92 Å². The lowest BCUT2D eigenvalue weighted by Crippen LogP contribution is -2.07. The van der Waals surface area contributed by atoms with Gasteiger partial charge in [0.1, 0.15) is 0 Å². The maximum Gasteiger partial charge on any atom is 0.303 e. The highest BCUT2D eigenvalue weighted by atomic mass is 16.4. The van der Waals surface area contributed by atoms with E-state index >= 15 is 0 Å². The minimum atomic E-state index is -0.702. The predicted molar refractivity (Wildman–Crippen MR) is 77.4 cm³/mol. The molecule has 1 aliphatic carbocycles. The van der Waals surface area contributed by atoms with Gasteiger partial charge in [-0.25, -0.2) is 0 Å². The molecular formula is C17H24O2. The molecule has 1 aliphatic rings. The fourth-order valence-electron chi connectivity index (χ4n) is 3.13. The Bertz CT molecular complexity index is 402. The highest BCUT2D eigenvalue weighted by Crippen LogP contribution is 2.32. The van der Waals surface area contributed by atoms with Crippen LogP contribution >= 0.6 is 0 Å². The van der Waals surface area contributed by atoms with Gasteiger partial charge in [-0.1, -0.05) is 50.5 Å². The van der Waals surface area contributed by atoms with E-state index in [4.69, 9.17) is 5.11 Å². The summed E-state index contributed by atoms with van der Waals surface area (Å²) in [6, 6.07) is 8.86. The second-order valence-electron chi connectivity index (χ2n) is 5.98. The van der Waals surface area contributed by atoms with Gasteiger partial charge in [0.25, 0.3) is 0 Å². The van der Waals surface area contributed by atoms with Crippen molar-refractivity contribution in [3.8, 4) is 0 Å². The van der Waals surface area contributed by atoms with Crippen LogP contribution < -0.4 is 0 Å².